The van der Waals surface area contributed by atoms with Crippen molar-refractivity contribution in [2.45, 2.75) is 13.0 Å². The zero-order valence-corrected chi connectivity index (χ0v) is 12.3. The summed E-state index contributed by atoms with van der Waals surface area (Å²) in [5.74, 6) is 0.271. The summed E-state index contributed by atoms with van der Waals surface area (Å²) in [4.78, 5) is 20.2. The lowest BCUT2D eigenvalue weighted by Crippen LogP contribution is -2.47. The van der Waals surface area contributed by atoms with Crippen LogP contribution in [0.1, 0.15) is 6.92 Å². The number of aliphatic hydroxyl groups excluding tert-OH is 1. The van der Waals surface area contributed by atoms with Crippen LogP contribution in [-0.4, -0.2) is 66.3 Å². The Balaban J connectivity index is 1.89. The summed E-state index contributed by atoms with van der Waals surface area (Å²) < 4.78 is 0. The highest BCUT2D eigenvalue weighted by Crippen LogP contribution is 2.17. The van der Waals surface area contributed by atoms with Crippen LogP contribution < -0.4 is 16.0 Å². The van der Waals surface area contributed by atoms with Crippen LogP contribution in [0.4, 0.5) is 11.5 Å². The fourth-order valence-corrected chi connectivity index (χ4v) is 2.26. The van der Waals surface area contributed by atoms with E-state index in [0.717, 1.165) is 38.4 Å². The standard InChI is InChI=1S/C14H23N5O2/c1-11(15)14(21)17-13-3-2-12(10-16-13)19-6-4-18(5-7-19)8-9-20/h2-3,10-11,20H,4-9,15H2,1H3,(H,16,17,21). The summed E-state index contributed by atoms with van der Waals surface area (Å²) in [5.41, 5.74) is 6.54. The van der Waals surface area contributed by atoms with Crippen LogP contribution in [0.2, 0.25) is 0 Å². The van der Waals surface area contributed by atoms with Gasteiger partial charge in [-0.3, -0.25) is 9.69 Å². The van der Waals surface area contributed by atoms with E-state index in [9.17, 15) is 4.79 Å². The number of hydrogen-bond acceptors (Lipinski definition) is 6. The number of carbonyl (C=O) groups is 1. The van der Waals surface area contributed by atoms with Crippen molar-refractivity contribution in [3.8, 4) is 0 Å². The van der Waals surface area contributed by atoms with Gasteiger partial charge in [-0.1, -0.05) is 0 Å². The molecule has 4 N–H and O–H groups in total. The van der Waals surface area contributed by atoms with E-state index < -0.39 is 6.04 Å². The highest BCUT2D eigenvalue weighted by Gasteiger charge is 2.17. The summed E-state index contributed by atoms with van der Waals surface area (Å²) in [6, 6.07) is 3.19. The van der Waals surface area contributed by atoms with E-state index in [1.807, 2.05) is 6.07 Å². The molecule has 1 unspecified atom stereocenters. The number of nitrogens with zero attached hydrogens (tertiary/aromatic N) is 3. The lowest BCUT2D eigenvalue weighted by molar-refractivity contribution is -0.117. The number of aliphatic hydroxyl groups is 1. The van der Waals surface area contributed by atoms with Crippen LogP contribution in [0.15, 0.2) is 18.3 Å². The molecule has 0 spiro atoms. The first kappa shape index (κ1) is 15.7. The predicted octanol–water partition coefficient (Wildman–Crippen LogP) is -0.518. The molecule has 1 atom stereocenters. The number of piperazine rings is 1. The van der Waals surface area contributed by atoms with Crippen molar-refractivity contribution < 1.29 is 9.90 Å². The Hall–Kier alpha value is -1.70. The smallest absolute Gasteiger partial charge is 0.242 e. The third-order valence-electron chi connectivity index (χ3n) is 3.57. The maximum atomic E-state index is 11.5. The van der Waals surface area contributed by atoms with Crippen LogP contribution in [0.3, 0.4) is 0 Å². The minimum atomic E-state index is -0.550. The number of carbonyl (C=O) groups excluding carboxylic acids is 1. The minimum Gasteiger partial charge on any atom is -0.395 e. The molecule has 7 nitrogen and oxygen atoms in total. The van der Waals surface area contributed by atoms with Crippen molar-refractivity contribution in [3.05, 3.63) is 18.3 Å². The Labute approximate surface area is 124 Å². The molecule has 1 aliphatic heterocycles. The summed E-state index contributed by atoms with van der Waals surface area (Å²) in [5, 5.41) is 11.6. The van der Waals surface area contributed by atoms with E-state index >= 15 is 0 Å². The Morgan fingerprint density at radius 2 is 2.14 bits per heavy atom. The molecule has 0 aromatic carbocycles. The van der Waals surface area contributed by atoms with Gasteiger partial charge in [0.2, 0.25) is 5.91 Å². The van der Waals surface area contributed by atoms with Gasteiger partial charge in [0.15, 0.2) is 0 Å². The third kappa shape index (κ3) is 4.38. The number of rotatable bonds is 5. The summed E-state index contributed by atoms with van der Waals surface area (Å²) >= 11 is 0. The van der Waals surface area contributed by atoms with E-state index in [4.69, 9.17) is 10.8 Å². The van der Waals surface area contributed by atoms with Gasteiger partial charge in [-0.05, 0) is 19.1 Å². The summed E-state index contributed by atoms with van der Waals surface area (Å²) in [6.07, 6.45) is 1.76. The lowest BCUT2D eigenvalue weighted by atomic mass is 10.2. The quantitative estimate of drug-likeness (QED) is 0.676. The second-order valence-corrected chi connectivity index (χ2v) is 5.23. The van der Waals surface area contributed by atoms with Crippen LogP contribution >= 0.6 is 0 Å². The number of amides is 1. The Kier molecular flexibility index (Phi) is 5.49. The maximum absolute atomic E-state index is 11.5. The molecule has 0 aliphatic carbocycles. The van der Waals surface area contributed by atoms with Gasteiger partial charge in [-0.2, -0.15) is 0 Å². The van der Waals surface area contributed by atoms with Crippen molar-refractivity contribution in [3.63, 3.8) is 0 Å². The molecule has 1 aromatic rings. The molecule has 0 radical (unpaired) electrons. The second kappa shape index (κ2) is 7.35. The predicted molar refractivity (Wildman–Crippen MR) is 82.3 cm³/mol. The minimum absolute atomic E-state index is 0.204. The molecule has 2 rings (SSSR count). The Morgan fingerprint density at radius 3 is 2.67 bits per heavy atom. The van der Waals surface area contributed by atoms with E-state index in [1.165, 1.54) is 0 Å². The topological polar surface area (TPSA) is 94.7 Å². The first-order valence-electron chi connectivity index (χ1n) is 7.21. The maximum Gasteiger partial charge on any atom is 0.242 e. The number of pyridine rings is 1. The summed E-state index contributed by atoms with van der Waals surface area (Å²) in [6.45, 7) is 6.26. The Morgan fingerprint density at radius 1 is 1.43 bits per heavy atom. The molecule has 2 heterocycles. The van der Waals surface area contributed by atoms with Crippen LogP contribution in [0.25, 0.3) is 0 Å². The lowest BCUT2D eigenvalue weighted by Gasteiger charge is -2.35. The number of nitrogens with one attached hydrogen (secondary N) is 1. The van der Waals surface area contributed by atoms with Crippen molar-refractivity contribution >= 4 is 17.4 Å². The number of aromatic nitrogens is 1. The van der Waals surface area contributed by atoms with E-state index in [2.05, 4.69) is 20.1 Å². The van der Waals surface area contributed by atoms with Gasteiger partial charge in [0.05, 0.1) is 24.5 Å². The number of β-amino-alcohol motifs (C(OH)–C–C–N with tert-alkyl or cyclic N) is 1. The second-order valence-electron chi connectivity index (χ2n) is 5.23. The molecule has 21 heavy (non-hydrogen) atoms. The summed E-state index contributed by atoms with van der Waals surface area (Å²) in [7, 11) is 0. The molecule has 0 bridgehead atoms. The zero-order chi connectivity index (χ0) is 15.2. The van der Waals surface area contributed by atoms with E-state index in [-0.39, 0.29) is 12.5 Å². The van der Waals surface area contributed by atoms with Gasteiger partial charge in [0.25, 0.3) is 0 Å². The average molecular weight is 293 g/mol. The first-order chi connectivity index (χ1) is 10.1. The first-order valence-corrected chi connectivity index (χ1v) is 7.21. The fraction of sp³-hybridized carbons (Fsp3) is 0.571. The highest BCUT2D eigenvalue weighted by molar-refractivity contribution is 5.93. The normalized spacial score (nSPS) is 17.6. The highest BCUT2D eigenvalue weighted by atomic mass is 16.3. The van der Waals surface area contributed by atoms with Gasteiger partial charge in [0.1, 0.15) is 5.82 Å². The number of hydrogen-bond donors (Lipinski definition) is 3. The zero-order valence-electron chi connectivity index (χ0n) is 12.3. The van der Waals surface area contributed by atoms with Crippen LogP contribution in [0.5, 0.6) is 0 Å². The van der Waals surface area contributed by atoms with E-state index in [0.29, 0.717) is 5.82 Å². The van der Waals surface area contributed by atoms with Crippen LogP contribution in [-0.2, 0) is 4.79 Å². The fourth-order valence-electron chi connectivity index (χ4n) is 2.26. The SMILES string of the molecule is CC(N)C(=O)Nc1ccc(N2CCN(CCO)CC2)cn1. The monoisotopic (exact) mass is 293 g/mol. The molecular weight excluding hydrogens is 270 g/mol. The Bertz CT molecular complexity index is 455. The molecular formula is C14H23N5O2. The van der Waals surface area contributed by atoms with Crippen LogP contribution in [0, 0.1) is 0 Å². The van der Waals surface area contributed by atoms with E-state index in [1.54, 1.807) is 19.2 Å². The van der Waals surface area contributed by atoms with Gasteiger partial charge in [-0.25, -0.2) is 4.98 Å². The molecule has 1 amide bonds. The number of nitrogens with two attached hydrogens (primary N) is 1. The van der Waals surface area contributed by atoms with Gasteiger partial charge in [0, 0.05) is 32.7 Å². The van der Waals surface area contributed by atoms with Gasteiger partial charge < -0.3 is 21.1 Å². The third-order valence-corrected chi connectivity index (χ3v) is 3.57. The molecule has 7 heteroatoms. The average Bonchev–Trinajstić information content (AvgIpc) is 2.49. The van der Waals surface area contributed by atoms with Gasteiger partial charge in [-0.15, -0.1) is 0 Å². The molecule has 0 saturated carbocycles. The van der Waals surface area contributed by atoms with Gasteiger partial charge >= 0.3 is 0 Å². The molecule has 1 saturated heterocycles. The molecule has 1 aromatic heterocycles. The number of anilines is 2. The molecule has 1 aliphatic rings. The molecule has 1 fully saturated rings. The molecule has 116 valence electrons. The van der Waals surface area contributed by atoms with Crippen molar-refractivity contribution in [2.24, 2.45) is 5.73 Å². The van der Waals surface area contributed by atoms with Crippen molar-refractivity contribution in [2.75, 3.05) is 49.5 Å². The van der Waals surface area contributed by atoms with Crippen molar-refractivity contribution in [1.82, 2.24) is 9.88 Å². The largest absolute Gasteiger partial charge is 0.395 e. The van der Waals surface area contributed by atoms with Crippen molar-refractivity contribution in [1.29, 1.82) is 0 Å².